The fourth-order valence-corrected chi connectivity index (χ4v) is 4.56. The third kappa shape index (κ3) is 3.95. The molecular formula is C15H12Cl3NO4S. The van der Waals surface area contributed by atoms with E-state index in [0.717, 1.165) is 4.31 Å². The quantitative estimate of drug-likeness (QED) is 0.803. The molecule has 2 aromatic carbocycles. The largest absolute Gasteiger partial charge is 0.480 e. The number of sulfonamides is 1. The fraction of sp³-hybridized carbons (Fsp3) is 0.133. The zero-order valence-corrected chi connectivity index (χ0v) is 15.4. The predicted molar refractivity (Wildman–Crippen MR) is 94.8 cm³/mol. The minimum Gasteiger partial charge on any atom is -0.480 e. The second-order valence-corrected chi connectivity index (χ2v) is 8.02. The van der Waals surface area contributed by atoms with Gasteiger partial charge in [0.05, 0.1) is 10.7 Å². The molecule has 0 heterocycles. The van der Waals surface area contributed by atoms with E-state index in [9.17, 15) is 13.2 Å². The SMILES string of the molecule is Cc1cc(Cl)ccc1N(CC(=O)O)S(=O)(=O)c1cc(Cl)ccc1Cl. The lowest BCUT2D eigenvalue weighted by molar-refractivity contribution is -0.135. The number of carbonyl (C=O) groups is 1. The summed E-state index contributed by atoms with van der Waals surface area (Å²) in [6.07, 6.45) is 0. The van der Waals surface area contributed by atoms with Gasteiger partial charge in [-0.05, 0) is 48.9 Å². The van der Waals surface area contributed by atoms with Crippen LogP contribution in [-0.2, 0) is 14.8 Å². The monoisotopic (exact) mass is 407 g/mol. The Labute approximate surface area is 154 Å². The van der Waals surface area contributed by atoms with Gasteiger partial charge >= 0.3 is 5.97 Å². The summed E-state index contributed by atoms with van der Waals surface area (Å²) in [6.45, 7) is 0.860. The van der Waals surface area contributed by atoms with Crippen molar-refractivity contribution in [2.24, 2.45) is 0 Å². The first-order valence-electron chi connectivity index (χ1n) is 6.58. The molecule has 0 aliphatic carbocycles. The molecule has 0 unspecified atom stereocenters. The van der Waals surface area contributed by atoms with E-state index in [0.29, 0.717) is 10.6 Å². The van der Waals surface area contributed by atoms with E-state index >= 15 is 0 Å². The molecule has 0 aromatic heterocycles. The summed E-state index contributed by atoms with van der Waals surface area (Å²) >= 11 is 17.7. The third-order valence-corrected chi connectivity index (χ3v) is 5.88. The Morgan fingerprint density at radius 3 is 2.25 bits per heavy atom. The Morgan fingerprint density at radius 1 is 1.08 bits per heavy atom. The van der Waals surface area contributed by atoms with Crippen molar-refractivity contribution in [3.63, 3.8) is 0 Å². The van der Waals surface area contributed by atoms with Crippen molar-refractivity contribution >= 4 is 56.5 Å². The number of rotatable bonds is 5. The number of anilines is 1. The molecule has 24 heavy (non-hydrogen) atoms. The van der Waals surface area contributed by atoms with E-state index in [4.69, 9.17) is 39.9 Å². The van der Waals surface area contributed by atoms with Crippen molar-refractivity contribution in [3.05, 3.63) is 57.0 Å². The predicted octanol–water partition coefficient (Wildman–Crippen LogP) is 4.24. The van der Waals surface area contributed by atoms with Crippen LogP contribution in [-0.4, -0.2) is 26.0 Å². The second-order valence-electron chi connectivity index (χ2n) is 4.91. The number of hydrogen-bond donors (Lipinski definition) is 1. The minimum atomic E-state index is -4.24. The van der Waals surface area contributed by atoms with Crippen LogP contribution in [0.25, 0.3) is 0 Å². The van der Waals surface area contributed by atoms with Crippen molar-refractivity contribution < 1.29 is 18.3 Å². The molecule has 1 N–H and O–H groups in total. The summed E-state index contributed by atoms with van der Waals surface area (Å²) < 4.78 is 26.7. The van der Waals surface area contributed by atoms with Gasteiger partial charge in [0.15, 0.2) is 0 Å². The van der Waals surface area contributed by atoms with Gasteiger partial charge in [0, 0.05) is 10.0 Å². The Morgan fingerprint density at radius 2 is 1.67 bits per heavy atom. The summed E-state index contributed by atoms with van der Waals surface area (Å²) in [4.78, 5) is 10.9. The number of hydrogen-bond acceptors (Lipinski definition) is 3. The van der Waals surface area contributed by atoms with E-state index in [1.165, 1.54) is 30.3 Å². The summed E-state index contributed by atoms with van der Waals surface area (Å²) in [6, 6.07) is 8.42. The standard InChI is InChI=1S/C15H12Cl3NO4S/c1-9-6-10(16)3-5-13(9)19(8-15(20)21)24(22,23)14-7-11(17)2-4-12(14)18/h2-7H,8H2,1H3,(H,20,21). The topological polar surface area (TPSA) is 74.7 Å². The highest BCUT2D eigenvalue weighted by atomic mass is 35.5. The molecule has 0 saturated heterocycles. The molecular weight excluding hydrogens is 397 g/mol. The Hall–Kier alpha value is -1.47. The highest BCUT2D eigenvalue weighted by molar-refractivity contribution is 7.93. The molecule has 0 aliphatic heterocycles. The molecule has 0 atom stereocenters. The molecule has 0 saturated carbocycles. The average Bonchev–Trinajstić information content (AvgIpc) is 2.47. The summed E-state index contributed by atoms with van der Waals surface area (Å²) in [5.41, 5.74) is 0.698. The summed E-state index contributed by atoms with van der Waals surface area (Å²) in [5.74, 6) is -1.31. The molecule has 0 radical (unpaired) electrons. The van der Waals surface area contributed by atoms with Crippen LogP contribution in [0, 0.1) is 6.92 Å². The van der Waals surface area contributed by atoms with Crippen LogP contribution in [0.15, 0.2) is 41.3 Å². The highest BCUT2D eigenvalue weighted by Crippen LogP contribution is 2.32. The molecule has 5 nitrogen and oxygen atoms in total. The Bertz CT molecular complexity index is 900. The third-order valence-electron chi connectivity index (χ3n) is 3.17. The Kier molecular flexibility index (Phi) is 5.65. The first kappa shape index (κ1) is 18.9. The second kappa shape index (κ2) is 7.19. The maximum Gasteiger partial charge on any atom is 0.324 e. The van der Waals surface area contributed by atoms with E-state index in [1.807, 2.05) is 0 Å². The number of aliphatic carboxylic acids is 1. The lowest BCUT2D eigenvalue weighted by Crippen LogP contribution is -2.36. The van der Waals surface area contributed by atoms with Gasteiger partial charge in [0.25, 0.3) is 10.0 Å². The van der Waals surface area contributed by atoms with Crippen LogP contribution in [0.1, 0.15) is 5.56 Å². The van der Waals surface area contributed by atoms with Gasteiger partial charge in [0.2, 0.25) is 0 Å². The van der Waals surface area contributed by atoms with Gasteiger partial charge in [-0.1, -0.05) is 34.8 Å². The van der Waals surface area contributed by atoms with Crippen molar-refractivity contribution in [1.82, 2.24) is 0 Å². The van der Waals surface area contributed by atoms with Crippen LogP contribution in [0.4, 0.5) is 5.69 Å². The molecule has 0 aliphatic rings. The highest BCUT2D eigenvalue weighted by Gasteiger charge is 2.30. The average molecular weight is 409 g/mol. The lowest BCUT2D eigenvalue weighted by atomic mass is 10.2. The lowest BCUT2D eigenvalue weighted by Gasteiger charge is -2.25. The molecule has 0 bridgehead atoms. The van der Waals surface area contributed by atoms with Crippen molar-refractivity contribution in [3.8, 4) is 0 Å². The smallest absolute Gasteiger partial charge is 0.324 e. The number of carboxylic acid groups (broad SMARTS) is 1. The summed E-state index contributed by atoms with van der Waals surface area (Å²) in [7, 11) is -4.24. The maximum atomic E-state index is 13.0. The Balaban J connectivity index is 2.66. The molecule has 0 fully saturated rings. The van der Waals surface area contributed by atoms with E-state index in [-0.39, 0.29) is 20.6 Å². The first-order chi connectivity index (χ1) is 11.1. The van der Waals surface area contributed by atoms with Crippen LogP contribution in [0.5, 0.6) is 0 Å². The number of benzene rings is 2. The van der Waals surface area contributed by atoms with Crippen LogP contribution in [0.2, 0.25) is 15.1 Å². The zero-order chi connectivity index (χ0) is 18.1. The zero-order valence-electron chi connectivity index (χ0n) is 12.3. The van der Waals surface area contributed by atoms with Crippen LogP contribution in [0.3, 0.4) is 0 Å². The van der Waals surface area contributed by atoms with E-state index in [1.54, 1.807) is 13.0 Å². The van der Waals surface area contributed by atoms with Gasteiger partial charge in [0.1, 0.15) is 11.4 Å². The molecule has 9 heteroatoms. The van der Waals surface area contributed by atoms with Gasteiger partial charge in [-0.2, -0.15) is 0 Å². The van der Waals surface area contributed by atoms with Crippen molar-refractivity contribution in [1.29, 1.82) is 0 Å². The molecule has 128 valence electrons. The fourth-order valence-electron chi connectivity index (χ4n) is 2.11. The number of halogens is 3. The van der Waals surface area contributed by atoms with Gasteiger partial charge in [-0.3, -0.25) is 9.10 Å². The molecule has 2 rings (SSSR count). The van der Waals surface area contributed by atoms with E-state index < -0.39 is 22.5 Å². The van der Waals surface area contributed by atoms with Gasteiger partial charge < -0.3 is 5.11 Å². The van der Waals surface area contributed by atoms with E-state index in [2.05, 4.69) is 0 Å². The molecule has 2 aromatic rings. The first-order valence-corrected chi connectivity index (χ1v) is 9.16. The van der Waals surface area contributed by atoms with Crippen LogP contribution >= 0.6 is 34.8 Å². The summed E-state index contributed by atoms with van der Waals surface area (Å²) in [5, 5.41) is 9.65. The number of nitrogens with zero attached hydrogens (tertiary/aromatic N) is 1. The normalized spacial score (nSPS) is 11.3. The van der Waals surface area contributed by atoms with Crippen LogP contribution < -0.4 is 4.31 Å². The van der Waals surface area contributed by atoms with Gasteiger partial charge in [-0.25, -0.2) is 8.42 Å². The number of carboxylic acids is 1. The van der Waals surface area contributed by atoms with Crippen molar-refractivity contribution in [2.45, 2.75) is 11.8 Å². The minimum absolute atomic E-state index is 0.0543. The van der Waals surface area contributed by atoms with Gasteiger partial charge in [-0.15, -0.1) is 0 Å². The van der Waals surface area contributed by atoms with Crippen molar-refractivity contribution in [2.75, 3.05) is 10.8 Å². The maximum absolute atomic E-state index is 13.0. The molecule has 0 spiro atoms. The molecule has 0 amide bonds. The number of aryl methyl sites for hydroxylation is 1.